The van der Waals surface area contributed by atoms with Gasteiger partial charge in [-0.2, -0.15) is 5.26 Å². The van der Waals surface area contributed by atoms with Crippen LogP contribution in [0.5, 0.6) is 0 Å². The fourth-order valence-corrected chi connectivity index (χ4v) is 6.53. The molecule has 0 radical (unpaired) electrons. The van der Waals surface area contributed by atoms with Gasteiger partial charge in [-0.25, -0.2) is 0 Å². The van der Waals surface area contributed by atoms with Gasteiger partial charge in [-0.1, -0.05) is 5.57 Å². The molecule has 0 heterocycles. The van der Waals surface area contributed by atoms with Crippen molar-refractivity contribution in [3.63, 3.8) is 0 Å². The standard InChI is InChI=1S/C19H27NO/c20-8-7-12-9-13-1-4-17-16-6-3-15(21)11-14(16)2-5-18(17)19(13)10-12/h7,13-19,21H,1-6,9-11H2/b12-7+/t13?,14-,15+,16?,17+,18?,19+/m1/s1. The first-order chi connectivity index (χ1) is 10.3. The summed E-state index contributed by atoms with van der Waals surface area (Å²) in [6, 6.07) is 2.25. The number of allylic oxidation sites excluding steroid dienone is 2. The van der Waals surface area contributed by atoms with Gasteiger partial charge in [0.1, 0.15) is 0 Å². The average molecular weight is 285 g/mol. The highest BCUT2D eigenvalue weighted by Gasteiger charge is 2.49. The van der Waals surface area contributed by atoms with E-state index in [1.165, 1.54) is 50.5 Å². The van der Waals surface area contributed by atoms with E-state index in [4.69, 9.17) is 5.26 Å². The van der Waals surface area contributed by atoms with Crippen LogP contribution in [0.25, 0.3) is 0 Å². The molecule has 4 saturated carbocycles. The predicted octanol–water partition coefficient (Wildman–Crippen LogP) is 4.06. The van der Waals surface area contributed by atoms with E-state index >= 15 is 0 Å². The van der Waals surface area contributed by atoms with Crippen LogP contribution < -0.4 is 0 Å². The fraction of sp³-hybridized carbons (Fsp3) is 0.842. The van der Waals surface area contributed by atoms with Gasteiger partial charge in [0.2, 0.25) is 0 Å². The van der Waals surface area contributed by atoms with Gasteiger partial charge in [0.05, 0.1) is 12.2 Å². The molecule has 0 aromatic rings. The summed E-state index contributed by atoms with van der Waals surface area (Å²) in [5, 5.41) is 18.9. The van der Waals surface area contributed by atoms with E-state index in [9.17, 15) is 5.11 Å². The summed E-state index contributed by atoms with van der Waals surface area (Å²) in [4.78, 5) is 0. The lowest BCUT2D eigenvalue weighted by atomic mass is 9.53. The van der Waals surface area contributed by atoms with E-state index in [1.807, 2.05) is 6.08 Å². The summed E-state index contributed by atoms with van der Waals surface area (Å²) >= 11 is 0. The Morgan fingerprint density at radius 1 is 0.857 bits per heavy atom. The highest BCUT2D eigenvalue weighted by atomic mass is 16.3. The largest absolute Gasteiger partial charge is 0.393 e. The Balaban J connectivity index is 1.52. The quantitative estimate of drug-likeness (QED) is 0.682. The van der Waals surface area contributed by atoms with Crippen LogP contribution in [0.15, 0.2) is 11.6 Å². The van der Waals surface area contributed by atoms with E-state index < -0.39 is 0 Å². The minimum absolute atomic E-state index is 0.0178. The topological polar surface area (TPSA) is 44.0 Å². The van der Waals surface area contributed by atoms with Gasteiger partial charge < -0.3 is 5.11 Å². The molecule has 1 N–H and O–H groups in total. The second-order valence-corrected chi connectivity index (χ2v) is 8.14. The Hall–Kier alpha value is -0.810. The van der Waals surface area contributed by atoms with Gasteiger partial charge in [-0.05, 0) is 93.3 Å². The Kier molecular flexibility index (Phi) is 3.58. The zero-order chi connectivity index (χ0) is 14.4. The maximum Gasteiger partial charge on any atom is 0.0911 e. The van der Waals surface area contributed by atoms with Crippen molar-refractivity contribution in [3.05, 3.63) is 11.6 Å². The summed E-state index contributed by atoms with van der Waals surface area (Å²) in [6.07, 6.45) is 13.1. The molecular formula is C19H27NO. The number of rotatable bonds is 0. The molecule has 4 aliphatic carbocycles. The van der Waals surface area contributed by atoms with Gasteiger partial charge in [0.25, 0.3) is 0 Å². The molecule has 0 amide bonds. The van der Waals surface area contributed by atoms with Crippen molar-refractivity contribution in [1.82, 2.24) is 0 Å². The smallest absolute Gasteiger partial charge is 0.0911 e. The highest BCUT2D eigenvalue weighted by molar-refractivity contribution is 5.20. The second-order valence-electron chi connectivity index (χ2n) is 8.14. The molecular weight excluding hydrogens is 258 g/mol. The van der Waals surface area contributed by atoms with E-state index in [0.29, 0.717) is 0 Å². The molecule has 0 bridgehead atoms. The molecule has 4 aliphatic rings. The monoisotopic (exact) mass is 285 g/mol. The number of nitrogens with zero attached hydrogens (tertiary/aromatic N) is 1. The maximum absolute atomic E-state index is 9.95. The molecule has 0 aromatic carbocycles. The first-order valence-electron chi connectivity index (χ1n) is 9.02. The Morgan fingerprint density at radius 3 is 2.38 bits per heavy atom. The van der Waals surface area contributed by atoms with E-state index in [2.05, 4.69) is 6.07 Å². The van der Waals surface area contributed by atoms with Crippen molar-refractivity contribution in [2.75, 3.05) is 0 Å². The number of fused-ring (bicyclic) bond motifs is 5. The molecule has 114 valence electrons. The molecule has 7 atom stereocenters. The van der Waals surface area contributed by atoms with E-state index in [1.54, 1.807) is 0 Å². The van der Waals surface area contributed by atoms with Crippen molar-refractivity contribution in [3.8, 4) is 6.07 Å². The van der Waals surface area contributed by atoms with Crippen LogP contribution in [0.3, 0.4) is 0 Å². The average Bonchev–Trinajstić information content (AvgIpc) is 2.89. The maximum atomic E-state index is 9.95. The lowest BCUT2D eigenvalue weighted by Gasteiger charge is -2.52. The van der Waals surface area contributed by atoms with Crippen LogP contribution in [0.1, 0.15) is 57.8 Å². The van der Waals surface area contributed by atoms with Crippen LogP contribution in [0.2, 0.25) is 0 Å². The van der Waals surface area contributed by atoms with Gasteiger partial charge in [0.15, 0.2) is 0 Å². The number of nitriles is 1. The van der Waals surface area contributed by atoms with Crippen molar-refractivity contribution >= 4 is 0 Å². The third kappa shape index (κ3) is 2.34. The number of aliphatic hydroxyl groups excluding tert-OH is 1. The second kappa shape index (κ2) is 5.43. The predicted molar refractivity (Wildman–Crippen MR) is 82.2 cm³/mol. The molecule has 2 heteroatoms. The van der Waals surface area contributed by atoms with Gasteiger partial charge in [0, 0.05) is 6.08 Å². The van der Waals surface area contributed by atoms with Crippen molar-refractivity contribution in [2.45, 2.75) is 63.9 Å². The fourth-order valence-electron chi connectivity index (χ4n) is 6.53. The number of hydrogen-bond donors (Lipinski definition) is 1. The summed E-state index contributed by atoms with van der Waals surface area (Å²) in [7, 11) is 0. The Bertz CT molecular complexity index is 476. The van der Waals surface area contributed by atoms with Crippen LogP contribution in [0.4, 0.5) is 0 Å². The van der Waals surface area contributed by atoms with Gasteiger partial charge >= 0.3 is 0 Å². The number of hydrogen-bond acceptors (Lipinski definition) is 2. The first kappa shape index (κ1) is 13.8. The van der Waals surface area contributed by atoms with Crippen molar-refractivity contribution in [1.29, 1.82) is 5.26 Å². The van der Waals surface area contributed by atoms with E-state index in [0.717, 1.165) is 48.3 Å². The molecule has 3 unspecified atom stereocenters. The van der Waals surface area contributed by atoms with Crippen LogP contribution >= 0.6 is 0 Å². The van der Waals surface area contributed by atoms with Crippen LogP contribution in [-0.4, -0.2) is 11.2 Å². The first-order valence-corrected chi connectivity index (χ1v) is 9.02. The lowest BCUT2D eigenvalue weighted by Crippen LogP contribution is -2.45. The minimum atomic E-state index is -0.0178. The van der Waals surface area contributed by atoms with Gasteiger partial charge in [-0.15, -0.1) is 0 Å². The van der Waals surface area contributed by atoms with Crippen LogP contribution in [0, 0.1) is 46.8 Å². The molecule has 0 saturated heterocycles. The normalized spacial score (nSPS) is 50.9. The minimum Gasteiger partial charge on any atom is -0.393 e. The Labute approximate surface area is 128 Å². The van der Waals surface area contributed by atoms with Crippen molar-refractivity contribution < 1.29 is 5.11 Å². The summed E-state index contributed by atoms with van der Waals surface area (Å²) < 4.78 is 0. The highest BCUT2D eigenvalue weighted by Crippen LogP contribution is 2.58. The molecule has 4 fully saturated rings. The zero-order valence-corrected chi connectivity index (χ0v) is 12.9. The lowest BCUT2D eigenvalue weighted by molar-refractivity contribution is -0.0456. The summed E-state index contributed by atoms with van der Waals surface area (Å²) in [5.41, 5.74) is 1.43. The Morgan fingerprint density at radius 2 is 1.57 bits per heavy atom. The van der Waals surface area contributed by atoms with Crippen molar-refractivity contribution in [2.24, 2.45) is 35.5 Å². The van der Waals surface area contributed by atoms with Crippen LogP contribution in [-0.2, 0) is 0 Å². The SMILES string of the molecule is N#C/C=C1\CC2CC[C@H]3C4CC[C@H](O)C[C@H]4CCC3[C@H]2C1. The zero-order valence-electron chi connectivity index (χ0n) is 12.9. The molecule has 0 aromatic heterocycles. The summed E-state index contributed by atoms with van der Waals surface area (Å²) in [6.45, 7) is 0. The van der Waals surface area contributed by atoms with Gasteiger partial charge in [-0.3, -0.25) is 0 Å². The molecule has 0 aliphatic heterocycles. The molecule has 4 rings (SSSR count). The molecule has 21 heavy (non-hydrogen) atoms. The summed E-state index contributed by atoms with van der Waals surface area (Å²) in [5.74, 6) is 5.30. The number of aliphatic hydroxyl groups is 1. The third-order valence-corrected chi connectivity index (χ3v) is 7.30. The third-order valence-electron chi connectivity index (χ3n) is 7.30. The van der Waals surface area contributed by atoms with E-state index in [-0.39, 0.29) is 6.10 Å². The molecule has 0 spiro atoms. The molecule has 2 nitrogen and oxygen atoms in total.